The molecule has 0 radical (unpaired) electrons. The van der Waals surface area contributed by atoms with Crippen LogP contribution in [0.3, 0.4) is 0 Å². The maximum atomic E-state index is 13.2. The average Bonchev–Trinajstić information content (AvgIpc) is 3.13. The van der Waals surface area contributed by atoms with E-state index in [2.05, 4.69) is 5.10 Å². The van der Waals surface area contributed by atoms with Crippen molar-refractivity contribution >= 4 is 23.4 Å². The Hall–Kier alpha value is -2.58. The predicted octanol–water partition coefficient (Wildman–Crippen LogP) is 2.54. The van der Waals surface area contributed by atoms with Crippen molar-refractivity contribution in [2.45, 2.75) is 25.9 Å². The lowest BCUT2D eigenvalue weighted by Crippen LogP contribution is -2.50. The molecule has 8 nitrogen and oxygen atoms in total. The molecule has 2 aromatic rings. The third kappa shape index (κ3) is 5.24. The third-order valence-corrected chi connectivity index (χ3v) is 6.31. The van der Waals surface area contributed by atoms with Gasteiger partial charge in [-0.05, 0) is 25.1 Å². The Balaban J connectivity index is 1.50. The first kappa shape index (κ1) is 22.6. The number of ether oxygens (including phenoxy) is 2. The Labute approximate surface area is 193 Å². The number of likely N-dealkylation sites (tertiary alicyclic amines) is 1. The van der Waals surface area contributed by atoms with Crippen LogP contribution in [0, 0.1) is 12.8 Å². The van der Waals surface area contributed by atoms with Crippen LogP contribution in [0.25, 0.3) is 0 Å². The molecule has 2 aliphatic rings. The number of hydrogen-bond donors (Lipinski definition) is 0. The number of carbonyl (C=O) groups is 2. The molecule has 2 aliphatic heterocycles. The van der Waals surface area contributed by atoms with Gasteiger partial charge in [0.2, 0.25) is 5.91 Å². The highest BCUT2D eigenvalue weighted by Gasteiger charge is 2.36. The second-order valence-corrected chi connectivity index (χ2v) is 8.85. The van der Waals surface area contributed by atoms with E-state index in [4.69, 9.17) is 21.1 Å². The number of rotatable bonds is 5. The summed E-state index contributed by atoms with van der Waals surface area (Å²) in [4.78, 5) is 29.8. The standard InChI is InChI=1S/C23H29ClN4O4/c1-16-20(15-26(2)25-16)23(30)28-7-6-21(32-19-5-3-4-18(24)13-19)17(14-28)12-22(29)27-8-10-31-11-9-27/h3-5,13,15,17,21H,6-12,14H2,1-2H3/t17-,21-/m0/s1. The number of halogens is 1. The molecule has 0 saturated carbocycles. The maximum Gasteiger partial charge on any atom is 0.257 e. The Morgan fingerprint density at radius 1 is 1.22 bits per heavy atom. The van der Waals surface area contributed by atoms with Crippen LogP contribution in [0.15, 0.2) is 30.5 Å². The lowest BCUT2D eigenvalue weighted by molar-refractivity contribution is -0.137. The van der Waals surface area contributed by atoms with Crippen LogP contribution in [0.5, 0.6) is 5.75 Å². The van der Waals surface area contributed by atoms with Crippen molar-refractivity contribution in [2.24, 2.45) is 13.0 Å². The minimum absolute atomic E-state index is 0.0550. The molecule has 0 bridgehead atoms. The summed E-state index contributed by atoms with van der Waals surface area (Å²) in [7, 11) is 1.80. The first-order valence-electron chi connectivity index (χ1n) is 11.0. The Morgan fingerprint density at radius 2 is 2.00 bits per heavy atom. The van der Waals surface area contributed by atoms with Crippen molar-refractivity contribution in [1.29, 1.82) is 0 Å². The van der Waals surface area contributed by atoms with Gasteiger partial charge in [-0.1, -0.05) is 17.7 Å². The van der Waals surface area contributed by atoms with E-state index in [0.717, 1.165) is 0 Å². The molecule has 2 atom stereocenters. The van der Waals surface area contributed by atoms with Gasteiger partial charge >= 0.3 is 0 Å². The van der Waals surface area contributed by atoms with Crippen LogP contribution in [0.2, 0.25) is 5.02 Å². The Kier molecular flexibility index (Phi) is 7.01. The fraction of sp³-hybridized carbons (Fsp3) is 0.522. The molecule has 0 spiro atoms. The largest absolute Gasteiger partial charge is 0.490 e. The summed E-state index contributed by atoms with van der Waals surface area (Å²) in [5.74, 6) is 0.568. The van der Waals surface area contributed by atoms with Gasteiger partial charge in [-0.25, -0.2) is 0 Å². The highest BCUT2D eigenvalue weighted by atomic mass is 35.5. The number of benzene rings is 1. The fourth-order valence-corrected chi connectivity index (χ4v) is 4.59. The van der Waals surface area contributed by atoms with E-state index in [1.54, 1.807) is 30.1 Å². The van der Waals surface area contributed by atoms with Crippen LogP contribution in [-0.2, 0) is 16.6 Å². The first-order chi connectivity index (χ1) is 15.4. The van der Waals surface area contributed by atoms with Crippen LogP contribution in [-0.4, -0.2) is 76.9 Å². The Bertz CT molecular complexity index is 973. The zero-order valence-corrected chi connectivity index (χ0v) is 19.3. The Morgan fingerprint density at radius 3 is 2.69 bits per heavy atom. The molecule has 0 N–H and O–H groups in total. The van der Waals surface area contributed by atoms with E-state index in [1.807, 2.05) is 28.9 Å². The zero-order chi connectivity index (χ0) is 22.7. The number of morpholine rings is 1. The van der Waals surface area contributed by atoms with Gasteiger partial charge in [-0.15, -0.1) is 0 Å². The summed E-state index contributed by atoms with van der Waals surface area (Å²) in [5, 5.41) is 4.89. The van der Waals surface area contributed by atoms with Gasteiger partial charge in [0.1, 0.15) is 11.9 Å². The SMILES string of the molecule is Cc1nn(C)cc1C(=O)N1CC[C@H](Oc2cccc(Cl)c2)[C@@H](CC(=O)N2CCOCC2)C1. The molecule has 32 heavy (non-hydrogen) atoms. The first-order valence-corrected chi connectivity index (χ1v) is 11.4. The number of amides is 2. The predicted molar refractivity (Wildman–Crippen MR) is 120 cm³/mol. The van der Waals surface area contributed by atoms with Crippen LogP contribution in [0.1, 0.15) is 28.9 Å². The van der Waals surface area contributed by atoms with Crippen molar-refractivity contribution in [2.75, 3.05) is 39.4 Å². The second-order valence-electron chi connectivity index (χ2n) is 8.41. The highest BCUT2D eigenvalue weighted by molar-refractivity contribution is 6.30. The van der Waals surface area contributed by atoms with E-state index in [9.17, 15) is 9.59 Å². The number of aryl methyl sites for hydroxylation is 2. The van der Waals surface area contributed by atoms with Crippen molar-refractivity contribution in [1.82, 2.24) is 19.6 Å². The topological polar surface area (TPSA) is 76.9 Å². The van der Waals surface area contributed by atoms with E-state index < -0.39 is 0 Å². The van der Waals surface area contributed by atoms with Gasteiger partial charge in [-0.3, -0.25) is 14.3 Å². The molecular weight excluding hydrogens is 432 g/mol. The minimum atomic E-state index is -0.183. The summed E-state index contributed by atoms with van der Waals surface area (Å²) >= 11 is 6.12. The lowest BCUT2D eigenvalue weighted by Gasteiger charge is -2.39. The molecule has 2 fully saturated rings. The summed E-state index contributed by atoms with van der Waals surface area (Å²) in [6.07, 6.45) is 2.53. The number of carbonyl (C=O) groups excluding carboxylic acids is 2. The van der Waals surface area contributed by atoms with Gasteiger partial charge in [0.25, 0.3) is 5.91 Å². The van der Waals surface area contributed by atoms with Crippen LogP contribution < -0.4 is 4.74 Å². The molecule has 4 rings (SSSR count). The van der Waals surface area contributed by atoms with Gasteiger partial charge in [0, 0.05) is 63.2 Å². The molecule has 1 aromatic carbocycles. The van der Waals surface area contributed by atoms with E-state index >= 15 is 0 Å². The monoisotopic (exact) mass is 460 g/mol. The zero-order valence-electron chi connectivity index (χ0n) is 18.5. The lowest BCUT2D eigenvalue weighted by atomic mass is 9.90. The molecule has 9 heteroatoms. The summed E-state index contributed by atoms with van der Waals surface area (Å²) in [5.41, 5.74) is 1.30. The van der Waals surface area contributed by atoms with Crippen LogP contribution >= 0.6 is 11.6 Å². The van der Waals surface area contributed by atoms with Gasteiger partial charge in [0.05, 0.1) is 24.5 Å². The summed E-state index contributed by atoms with van der Waals surface area (Å²) in [6.45, 7) is 5.16. The smallest absolute Gasteiger partial charge is 0.257 e. The molecule has 0 aliphatic carbocycles. The molecule has 1 aromatic heterocycles. The van der Waals surface area contributed by atoms with Crippen LogP contribution in [0.4, 0.5) is 0 Å². The number of nitrogens with zero attached hydrogens (tertiary/aromatic N) is 4. The fourth-order valence-electron chi connectivity index (χ4n) is 4.41. The second kappa shape index (κ2) is 9.92. The van der Waals surface area contributed by atoms with Gasteiger partial charge in [0.15, 0.2) is 0 Å². The van der Waals surface area contributed by atoms with E-state index in [1.165, 1.54) is 0 Å². The van der Waals surface area contributed by atoms with E-state index in [0.29, 0.717) is 74.3 Å². The third-order valence-electron chi connectivity index (χ3n) is 6.08. The average molecular weight is 461 g/mol. The quantitative estimate of drug-likeness (QED) is 0.685. The van der Waals surface area contributed by atoms with Crippen molar-refractivity contribution in [3.05, 3.63) is 46.7 Å². The molecule has 0 unspecified atom stereocenters. The number of piperidine rings is 1. The molecule has 3 heterocycles. The molecule has 172 valence electrons. The van der Waals surface area contributed by atoms with Crippen molar-refractivity contribution in [3.63, 3.8) is 0 Å². The summed E-state index contributed by atoms with van der Waals surface area (Å²) < 4.78 is 13.3. The number of aromatic nitrogens is 2. The van der Waals surface area contributed by atoms with Crippen molar-refractivity contribution < 1.29 is 19.1 Å². The van der Waals surface area contributed by atoms with Gasteiger partial charge in [-0.2, -0.15) is 5.10 Å². The molecule has 2 amide bonds. The summed E-state index contributed by atoms with van der Waals surface area (Å²) in [6, 6.07) is 7.28. The van der Waals surface area contributed by atoms with E-state index in [-0.39, 0.29) is 23.8 Å². The highest BCUT2D eigenvalue weighted by Crippen LogP contribution is 2.29. The van der Waals surface area contributed by atoms with Gasteiger partial charge < -0.3 is 19.3 Å². The minimum Gasteiger partial charge on any atom is -0.490 e. The number of hydrogen-bond acceptors (Lipinski definition) is 5. The normalized spacial score (nSPS) is 21.5. The molecule has 2 saturated heterocycles. The van der Waals surface area contributed by atoms with Crippen molar-refractivity contribution in [3.8, 4) is 5.75 Å². The molecular formula is C23H29ClN4O4. The maximum absolute atomic E-state index is 13.2.